The predicted octanol–water partition coefficient (Wildman–Crippen LogP) is 1.15. The van der Waals surface area contributed by atoms with Crippen molar-refractivity contribution in [2.24, 2.45) is 11.7 Å². The zero-order valence-electron chi connectivity index (χ0n) is 10.5. The maximum Gasteiger partial charge on any atom is 0.321 e. The highest BCUT2D eigenvalue weighted by Crippen LogP contribution is 2.24. The van der Waals surface area contributed by atoms with Crippen LogP contribution in [0.4, 0.5) is 5.82 Å². The van der Waals surface area contributed by atoms with E-state index in [1.165, 1.54) is 12.1 Å². The Morgan fingerprint density at radius 1 is 1.63 bits per heavy atom. The monoisotopic (exact) mass is 288 g/mol. The van der Waals surface area contributed by atoms with E-state index in [0.29, 0.717) is 19.0 Å². The Hall–Kier alpha value is -1.60. The van der Waals surface area contributed by atoms with Gasteiger partial charge >= 0.3 is 5.82 Å². The van der Waals surface area contributed by atoms with Gasteiger partial charge in [0, 0.05) is 18.7 Å². The van der Waals surface area contributed by atoms with E-state index >= 15 is 0 Å². The van der Waals surface area contributed by atoms with E-state index < -0.39 is 4.92 Å². The standard InChI is InChI=1S/C11H16N4O3.ClH/c1-7-4-8(5-12)6-14(7)11(16)9-2-3-10(13-9)15(17)18;/h2-3,7-8,13H,4-6,12H2,1H3;1H. The van der Waals surface area contributed by atoms with Crippen LogP contribution >= 0.6 is 12.4 Å². The molecule has 1 aromatic rings. The number of aromatic nitrogens is 1. The molecule has 2 rings (SSSR count). The Morgan fingerprint density at radius 2 is 2.32 bits per heavy atom. The third-order valence-electron chi connectivity index (χ3n) is 3.35. The second-order valence-electron chi connectivity index (χ2n) is 4.66. The molecule has 0 aromatic carbocycles. The molecule has 1 fully saturated rings. The number of nitrogens with two attached hydrogens (primary N) is 1. The van der Waals surface area contributed by atoms with Crippen LogP contribution in [0, 0.1) is 16.0 Å². The molecular formula is C11H17ClN4O3. The van der Waals surface area contributed by atoms with E-state index in [1.54, 1.807) is 4.90 Å². The average molecular weight is 289 g/mol. The zero-order chi connectivity index (χ0) is 13.3. The minimum atomic E-state index is -0.549. The number of amides is 1. The van der Waals surface area contributed by atoms with Crippen molar-refractivity contribution in [3.8, 4) is 0 Å². The van der Waals surface area contributed by atoms with Gasteiger partial charge in [-0.3, -0.25) is 4.79 Å². The molecule has 0 aliphatic carbocycles. The third kappa shape index (κ3) is 3.05. The summed E-state index contributed by atoms with van der Waals surface area (Å²) < 4.78 is 0. The van der Waals surface area contributed by atoms with Crippen molar-refractivity contribution in [1.82, 2.24) is 9.88 Å². The normalized spacial score (nSPS) is 22.1. The lowest BCUT2D eigenvalue weighted by atomic mass is 10.1. The maximum absolute atomic E-state index is 12.2. The van der Waals surface area contributed by atoms with Gasteiger partial charge in [0.25, 0.3) is 5.91 Å². The zero-order valence-corrected chi connectivity index (χ0v) is 11.4. The van der Waals surface area contributed by atoms with E-state index in [0.717, 1.165) is 6.42 Å². The van der Waals surface area contributed by atoms with E-state index in [-0.39, 0.29) is 35.9 Å². The highest BCUT2D eigenvalue weighted by Gasteiger charge is 2.33. The van der Waals surface area contributed by atoms with Crippen molar-refractivity contribution in [2.75, 3.05) is 13.1 Å². The number of nitrogens with one attached hydrogen (secondary N) is 1. The fourth-order valence-corrected chi connectivity index (χ4v) is 2.37. The number of likely N-dealkylation sites (tertiary alicyclic amines) is 1. The van der Waals surface area contributed by atoms with Crippen molar-refractivity contribution < 1.29 is 9.72 Å². The molecule has 0 radical (unpaired) electrons. The summed E-state index contributed by atoms with van der Waals surface area (Å²) in [7, 11) is 0. The van der Waals surface area contributed by atoms with Crippen LogP contribution < -0.4 is 5.73 Å². The Balaban J connectivity index is 0.00000180. The van der Waals surface area contributed by atoms with Gasteiger partial charge in [-0.15, -0.1) is 12.4 Å². The minimum Gasteiger partial charge on any atom is -0.358 e. The first-order valence-electron chi connectivity index (χ1n) is 5.87. The number of halogens is 1. The molecule has 2 heterocycles. The molecule has 2 atom stereocenters. The molecule has 1 amide bonds. The van der Waals surface area contributed by atoms with E-state index in [4.69, 9.17) is 5.73 Å². The first kappa shape index (κ1) is 15.5. The van der Waals surface area contributed by atoms with Crippen molar-refractivity contribution >= 4 is 24.1 Å². The Kier molecular flexibility index (Phi) is 4.90. The summed E-state index contributed by atoms with van der Waals surface area (Å²) in [5, 5.41) is 10.6. The number of rotatable bonds is 3. The molecule has 3 N–H and O–H groups in total. The molecule has 0 spiro atoms. The summed E-state index contributed by atoms with van der Waals surface area (Å²) in [5.41, 5.74) is 5.86. The molecule has 106 valence electrons. The Morgan fingerprint density at radius 3 is 2.79 bits per heavy atom. The Labute approximate surface area is 116 Å². The van der Waals surface area contributed by atoms with Crippen LogP contribution in [0.3, 0.4) is 0 Å². The smallest absolute Gasteiger partial charge is 0.321 e. The lowest BCUT2D eigenvalue weighted by Crippen LogP contribution is -2.34. The van der Waals surface area contributed by atoms with Gasteiger partial charge in [-0.1, -0.05) is 0 Å². The number of hydrogen-bond donors (Lipinski definition) is 2. The average Bonchev–Trinajstić information content (AvgIpc) is 2.94. The molecule has 1 aliphatic rings. The molecule has 0 saturated carbocycles. The molecule has 1 aromatic heterocycles. The maximum atomic E-state index is 12.2. The topological polar surface area (TPSA) is 105 Å². The number of carbonyl (C=O) groups is 1. The molecule has 8 heteroatoms. The van der Waals surface area contributed by atoms with Gasteiger partial charge < -0.3 is 20.7 Å². The number of carbonyl (C=O) groups excluding carboxylic acids is 1. The third-order valence-corrected chi connectivity index (χ3v) is 3.35. The number of hydrogen-bond acceptors (Lipinski definition) is 4. The fraction of sp³-hybridized carbons (Fsp3) is 0.545. The van der Waals surface area contributed by atoms with Crippen LogP contribution in [-0.4, -0.2) is 39.8 Å². The van der Waals surface area contributed by atoms with Gasteiger partial charge in [-0.2, -0.15) is 0 Å². The second-order valence-corrected chi connectivity index (χ2v) is 4.66. The SMILES string of the molecule is CC1CC(CN)CN1C(=O)c1ccc([N+](=O)[O-])[nH]1.Cl. The molecule has 1 saturated heterocycles. The van der Waals surface area contributed by atoms with E-state index in [1.807, 2.05) is 6.92 Å². The van der Waals surface area contributed by atoms with Crippen LogP contribution in [0.2, 0.25) is 0 Å². The summed E-state index contributed by atoms with van der Waals surface area (Å²) in [4.78, 5) is 26.4. The number of H-pyrrole nitrogens is 1. The molecule has 7 nitrogen and oxygen atoms in total. The fourth-order valence-electron chi connectivity index (χ4n) is 2.37. The van der Waals surface area contributed by atoms with Crippen molar-refractivity contribution in [1.29, 1.82) is 0 Å². The van der Waals surface area contributed by atoms with Gasteiger partial charge in [0.05, 0.1) is 0 Å². The van der Waals surface area contributed by atoms with E-state index in [9.17, 15) is 14.9 Å². The highest BCUT2D eigenvalue weighted by atomic mass is 35.5. The molecular weight excluding hydrogens is 272 g/mol. The van der Waals surface area contributed by atoms with Crippen LogP contribution in [0.1, 0.15) is 23.8 Å². The van der Waals surface area contributed by atoms with Crippen molar-refractivity contribution in [3.05, 3.63) is 27.9 Å². The lowest BCUT2D eigenvalue weighted by Gasteiger charge is -2.19. The largest absolute Gasteiger partial charge is 0.358 e. The van der Waals surface area contributed by atoms with Crippen molar-refractivity contribution in [2.45, 2.75) is 19.4 Å². The van der Waals surface area contributed by atoms with Crippen LogP contribution in [0.25, 0.3) is 0 Å². The summed E-state index contributed by atoms with van der Waals surface area (Å²) in [5.74, 6) is -0.0546. The van der Waals surface area contributed by atoms with Gasteiger partial charge in [0.15, 0.2) is 5.69 Å². The second kappa shape index (κ2) is 6.03. The quantitative estimate of drug-likeness (QED) is 0.643. The summed E-state index contributed by atoms with van der Waals surface area (Å²) >= 11 is 0. The van der Waals surface area contributed by atoms with Gasteiger partial charge in [-0.25, -0.2) is 4.98 Å². The minimum absolute atomic E-state index is 0. The number of nitro groups is 1. The Bertz CT molecular complexity index is 476. The summed E-state index contributed by atoms with van der Waals surface area (Å²) in [6.07, 6.45) is 0.880. The first-order chi connectivity index (χ1) is 8.52. The molecule has 19 heavy (non-hydrogen) atoms. The van der Waals surface area contributed by atoms with Crippen LogP contribution in [0.5, 0.6) is 0 Å². The number of nitrogens with zero attached hydrogens (tertiary/aromatic N) is 2. The summed E-state index contributed by atoms with van der Waals surface area (Å²) in [6, 6.07) is 2.87. The van der Waals surface area contributed by atoms with Crippen LogP contribution in [-0.2, 0) is 0 Å². The lowest BCUT2D eigenvalue weighted by molar-refractivity contribution is -0.389. The molecule has 2 unspecified atom stereocenters. The highest BCUT2D eigenvalue weighted by molar-refractivity contribution is 5.93. The van der Waals surface area contributed by atoms with Gasteiger partial charge in [0.1, 0.15) is 0 Å². The van der Waals surface area contributed by atoms with Crippen molar-refractivity contribution in [3.63, 3.8) is 0 Å². The molecule has 0 bridgehead atoms. The van der Waals surface area contributed by atoms with E-state index in [2.05, 4.69) is 4.98 Å². The van der Waals surface area contributed by atoms with Gasteiger partial charge in [-0.05, 0) is 36.8 Å². The molecule has 1 aliphatic heterocycles. The van der Waals surface area contributed by atoms with Crippen LogP contribution in [0.15, 0.2) is 12.1 Å². The predicted molar refractivity (Wildman–Crippen MR) is 72.4 cm³/mol. The number of aromatic amines is 1. The first-order valence-corrected chi connectivity index (χ1v) is 5.87. The van der Waals surface area contributed by atoms with Gasteiger partial charge in [0.2, 0.25) is 0 Å². The summed E-state index contributed by atoms with van der Waals surface area (Å²) in [6.45, 7) is 3.13.